The van der Waals surface area contributed by atoms with E-state index in [1.165, 1.54) is 0 Å². The lowest BCUT2D eigenvalue weighted by atomic mass is 10.1. The molecule has 2 rings (SSSR count). The molecule has 0 aromatic heterocycles. The summed E-state index contributed by atoms with van der Waals surface area (Å²) in [5.41, 5.74) is 1.12. The molecule has 1 aliphatic rings. The highest BCUT2D eigenvalue weighted by atomic mass is 16.7. The summed E-state index contributed by atoms with van der Waals surface area (Å²) >= 11 is 0. The van der Waals surface area contributed by atoms with Crippen LogP contribution in [0.1, 0.15) is 38.7 Å². The average Bonchev–Trinajstić information content (AvgIpc) is 3.06. The van der Waals surface area contributed by atoms with E-state index in [0.29, 0.717) is 19.3 Å². The fourth-order valence-electron chi connectivity index (χ4n) is 2.27. The highest BCUT2D eigenvalue weighted by molar-refractivity contribution is 5.87. The maximum Gasteiger partial charge on any atom is 0.243 e. The molecule has 4 nitrogen and oxygen atoms in total. The van der Waals surface area contributed by atoms with Crippen molar-refractivity contribution < 1.29 is 14.3 Å². The molecule has 0 saturated carbocycles. The molecule has 1 aliphatic heterocycles. The van der Waals surface area contributed by atoms with Gasteiger partial charge >= 0.3 is 0 Å². The maximum atomic E-state index is 11.5. The highest BCUT2D eigenvalue weighted by Gasteiger charge is 2.11. The van der Waals surface area contributed by atoms with Crippen LogP contribution in [0.25, 0.3) is 6.08 Å². The zero-order valence-electron chi connectivity index (χ0n) is 15.0. The highest BCUT2D eigenvalue weighted by Crippen LogP contribution is 2.32. The van der Waals surface area contributed by atoms with Crippen LogP contribution in [0.5, 0.6) is 11.5 Å². The van der Waals surface area contributed by atoms with E-state index >= 15 is 0 Å². The number of ether oxygens (including phenoxy) is 2. The Morgan fingerprint density at radius 1 is 1.16 bits per heavy atom. The number of amides is 1. The minimum atomic E-state index is -0.0370. The van der Waals surface area contributed by atoms with Gasteiger partial charge in [0.25, 0.3) is 0 Å². The summed E-state index contributed by atoms with van der Waals surface area (Å²) in [5.74, 6) is 2.06. The van der Waals surface area contributed by atoms with Gasteiger partial charge in [0.05, 0.1) is 0 Å². The number of carbonyl (C=O) groups is 1. The molecule has 0 radical (unpaired) electrons. The maximum absolute atomic E-state index is 11.5. The van der Waals surface area contributed by atoms with Crippen molar-refractivity contribution in [3.05, 3.63) is 54.1 Å². The van der Waals surface area contributed by atoms with Crippen LogP contribution >= 0.6 is 0 Å². The average molecular weight is 341 g/mol. The Labute approximate surface area is 150 Å². The second-order valence-electron chi connectivity index (χ2n) is 6.37. The molecule has 4 heteroatoms. The van der Waals surface area contributed by atoms with Gasteiger partial charge in [0.1, 0.15) is 0 Å². The Hall–Kier alpha value is -2.49. The van der Waals surface area contributed by atoms with Gasteiger partial charge in [-0.25, -0.2) is 0 Å². The molecule has 1 heterocycles. The number of allylic oxidation sites excluding steroid dienone is 4. The molecular weight excluding hydrogens is 314 g/mol. The lowest BCUT2D eigenvalue weighted by Gasteiger charge is -2.03. The molecule has 1 amide bonds. The monoisotopic (exact) mass is 341 g/mol. The normalized spacial score (nSPS) is 13.6. The molecule has 0 saturated heterocycles. The topological polar surface area (TPSA) is 47.6 Å². The molecule has 0 aliphatic carbocycles. The van der Waals surface area contributed by atoms with Gasteiger partial charge < -0.3 is 14.8 Å². The summed E-state index contributed by atoms with van der Waals surface area (Å²) in [6, 6.07) is 5.96. The predicted molar refractivity (Wildman–Crippen MR) is 102 cm³/mol. The molecule has 1 aromatic carbocycles. The largest absolute Gasteiger partial charge is 0.454 e. The summed E-state index contributed by atoms with van der Waals surface area (Å²) in [6.45, 7) is 5.17. The number of hydrogen-bond acceptors (Lipinski definition) is 3. The van der Waals surface area contributed by atoms with Crippen LogP contribution in [0.4, 0.5) is 0 Å². The third kappa shape index (κ3) is 7.29. The van der Waals surface area contributed by atoms with E-state index < -0.39 is 0 Å². The van der Waals surface area contributed by atoms with Crippen LogP contribution in [-0.4, -0.2) is 19.2 Å². The SMILES string of the molecule is CC(C)CNC(=O)/C=C/C=C/CCC/C=C/c1ccc2c(c1)OCO2. The van der Waals surface area contributed by atoms with Crippen LogP contribution in [0.3, 0.4) is 0 Å². The van der Waals surface area contributed by atoms with Crippen molar-refractivity contribution in [2.45, 2.75) is 33.1 Å². The van der Waals surface area contributed by atoms with Gasteiger partial charge in [0.2, 0.25) is 12.7 Å². The van der Waals surface area contributed by atoms with Crippen LogP contribution < -0.4 is 14.8 Å². The molecule has 0 unspecified atom stereocenters. The summed E-state index contributed by atoms with van der Waals surface area (Å²) in [4.78, 5) is 11.5. The van der Waals surface area contributed by atoms with Gasteiger partial charge in [-0.2, -0.15) is 0 Å². The Morgan fingerprint density at radius 3 is 2.80 bits per heavy atom. The predicted octanol–water partition coefficient (Wildman–Crippen LogP) is 4.48. The Morgan fingerprint density at radius 2 is 1.96 bits per heavy atom. The third-order valence-corrected chi connectivity index (χ3v) is 3.63. The van der Waals surface area contributed by atoms with Crippen molar-refractivity contribution in [3.63, 3.8) is 0 Å². The quantitative estimate of drug-likeness (QED) is 0.409. The van der Waals surface area contributed by atoms with E-state index in [2.05, 4.69) is 37.4 Å². The van der Waals surface area contributed by atoms with Crippen LogP contribution in [0.2, 0.25) is 0 Å². The van der Waals surface area contributed by atoms with Crippen molar-refractivity contribution in [2.75, 3.05) is 13.3 Å². The standard InChI is InChI=1S/C21H27NO3/c1-17(2)15-22-21(23)11-9-7-5-3-4-6-8-10-18-12-13-19-20(14-18)25-16-24-19/h5,7-14,17H,3-4,6,15-16H2,1-2H3,(H,22,23)/b7-5+,10-8+,11-9+. The van der Waals surface area contributed by atoms with Crippen molar-refractivity contribution >= 4 is 12.0 Å². The van der Waals surface area contributed by atoms with Gasteiger partial charge in [-0.05, 0) is 42.9 Å². The first-order chi connectivity index (χ1) is 12.1. The number of hydrogen-bond donors (Lipinski definition) is 1. The van der Waals surface area contributed by atoms with Crippen LogP contribution in [0, 0.1) is 5.92 Å². The van der Waals surface area contributed by atoms with Gasteiger partial charge in [0, 0.05) is 12.6 Å². The molecule has 0 atom stereocenters. The summed E-state index contributed by atoms with van der Waals surface area (Å²) in [5, 5.41) is 2.85. The van der Waals surface area contributed by atoms with E-state index in [9.17, 15) is 4.79 Å². The second kappa shape index (κ2) is 10.4. The molecule has 0 bridgehead atoms. The zero-order valence-corrected chi connectivity index (χ0v) is 15.0. The molecule has 0 fully saturated rings. The minimum absolute atomic E-state index is 0.0370. The van der Waals surface area contributed by atoms with Gasteiger partial charge in [-0.1, -0.05) is 50.3 Å². The smallest absolute Gasteiger partial charge is 0.243 e. The first-order valence-electron chi connectivity index (χ1n) is 8.82. The summed E-state index contributed by atoms with van der Waals surface area (Å²) < 4.78 is 10.7. The van der Waals surface area contributed by atoms with E-state index in [-0.39, 0.29) is 5.91 Å². The van der Waals surface area contributed by atoms with E-state index in [1.54, 1.807) is 12.2 Å². The number of nitrogens with one attached hydrogen (secondary N) is 1. The Kier molecular flexibility index (Phi) is 7.83. The summed E-state index contributed by atoms with van der Waals surface area (Å²) in [6.07, 6.45) is 14.7. The lowest BCUT2D eigenvalue weighted by molar-refractivity contribution is -0.116. The zero-order chi connectivity index (χ0) is 17.9. The third-order valence-electron chi connectivity index (χ3n) is 3.63. The lowest BCUT2D eigenvalue weighted by Crippen LogP contribution is -2.25. The molecule has 0 spiro atoms. The van der Waals surface area contributed by atoms with E-state index in [1.807, 2.05) is 24.3 Å². The number of fused-ring (bicyclic) bond motifs is 1. The number of carbonyl (C=O) groups excluding carboxylic acids is 1. The molecule has 1 aromatic rings. The Balaban J connectivity index is 1.59. The number of rotatable bonds is 9. The Bertz CT molecular complexity index is 645. The minimum Gasteiger partial charge on any atom is -0.454 e. The van der Waals surface area contributed by atoms with E-state index in [0.717, 1.165) is 36.3 Å². The number of benzene rings is 1. The van der Waals surface area contributed by atoms with Gasteiger partial charge in [0.15, 0.2) is 11.5 Å². The van der Waals surface area contributed by atoms with Crippen molar-refractivity contribution in [3.8, 4) is 11.5 Å². The van der Waals surface area contributed by atoms with Gasteiger partial charge in [-0.15, -0.1) is 0 Å². The first kappa shape index (κ1) is 18.8. The molecular formula is C21H27NO3. The van der Waals surface area contributed by atoms with Crippen LogP contribution in [-0.2, 0) is 4.79 Å². The summed E-state index contributed by atoms with van der Waals surface area (Å²) in [7, 11) is 0. The molecule has 1 N–H and O–H groups in total. The fourth-order valence-corrected chi connectivity index (χ4v) is 2.27. The fraction of sp³-hybridized carbons (Fsp3) is 0.381. The van der Waals surface area contributed by atoms with Crippen molar-refractivity contribution in [2.24, 2.45) is 5.92 Å². The van der Waals surface area contributed by atoms with Crippen LogP contribution in [0.15, 0.2) is 48.6 Å². The first-order valence-corrected chi connectivity index (χ1v) is 8.82. The van der Waals surface area contributed by atoms with E-state index in [4.69, 9.17) is 9.47 Å². The molecule has 134 valence electrons. The second-order valence-corrected chi connectivity index (χ2v) is 6.37. The van der Waals surface area contributed by atoms with Gasteiger partial charge in [-0.3, -0.25) is 4.79 Å². The number of unbranched alkanes of at least 4 members (excludes halogenated alkanes) is 2. The molecule has 25 heavy (non-hydrogen) atoms. The van der Waals surface area contributed by atoms with Crippen molar-refractivity contribution in [1.82, 2.24) is 5.32 Å². The van der Waals surface area contributed by atoms with Crippen molar-refractivity contribution in [1.29, 1.82) is 0 Å².